The van der Waals surface area contributed by atoms with E-state index in [2.05, 4.69) is 10.2 Å². The Bertz CT molecular complexity index is 1270. The molecule has 34 heavy (non-hydrogen) atoms. The van der Waals surface area contributed by atoms with E-state index in [9.17, 15) is 12.8 Å². The fraction of sp³-hybridized carbons (Fsp3) is 0.360. The predicted octanol–water partition coefficient (Wildman–Crippen LogP) is 3.59. The first-order chi connectivity index (χ1) is 16.4. The zero-order valence-electron chi connectivity index (χ0n) is 19.0. The molecular formula is C25H28FN3O4S. The third-order valence-corrected chi connectivity index (χ3v) is 8.12. The van der Waals surface area contributed by atoms with Crippen molar-refractivity contribution < 1.29 is 22.3 Å². The first-order valence-electron chi connectivity index (χ1n) is 11.4. The fourth-order valence-corrected chi connectivity index (χ4v) is 6.14. The van der Waals surface area contributed by atoms with Gasteiger partial charge >= 0.3 is 0 Å². The summed E-state index contributed by atoms with van der Waals surface area (Å²) in [5.74, 6) is -0.968. The van der Waals surface area contributed by atoms with Gasteiger partial charge < -0.3 is 19.7 Å². The number of rotatable bonds is 6. The maximum Gasteiger partial charge on any atom is 0.268 e. The molecule has 9 heteroatoms. The Morgan fingerprint density at radius 1 is 1.03 bits per heavy atom. The van der Waals surface area contributed by atoms with Gasteiger partial charge in [-0.1, -0.05) is 18.2 Å². The van der Waals surface area contributed by atoms with Gasteiger partial charge in [-0.25, -0.2) is 16.8 Å². The molecule has 180 valence electrons. The number of halogens is 1. The van der Waals surface area contributed by atoms with Crippen LogP contribution in [0, 0.1) is 5.82 Å². The molecule has 0 atom stereocenters. The molecule has 1 aromatic heterocycles. The SMILES string of the molecule is CNCc1cc(-c2ccccc2F)n(S(=O)(=O)c2cccc(N3CCC4(CC3)OCCO4)c2)c1. The summed E-state index contributed by atoms with van der Waals surface area (Å²) < 4.78 is 54.9. The molecule has 2 fully saturated rings. The number of nitrogens with one attached hydrogen (secondary N) is 1. The predicted molar refractivity (Wildman–Crippen MR) is 128 cm³/mol. The third-order valence-electron chi connectivity index (χ3n) is 6.45. The number of benzene rings is 2. The lowest BCUT2D eigenvalue weighted by Gasteiger charge is -2.38. The number of nitrogens with zero attached hydrogens (tertiary/aromatic N) is 2. The lowest BCUT2D eigenvalue weighted by Crippen LogP contribution is -2.45. The molecule has 7 nitrogen and oxygen atoms in total. The van der Waals surface area contributed by atoms with Crippen LogP contribution in [0.25, 0.3) is 11.3 Å². The Labute approximate surface area is 199 Å². The van der Waals surface area contributed by atoms with Crippen molar-refractivity contribution in [3.05, 3.63) is 72.2 Å². The second-order valence-corrected chi connectivity index (χ2v) is 10.5. The average Bonchev–Trinajstić information content (AvgIpc) is 3.48. The van der Waals surface area contributed by atoms with E-state index in [0.717, 1.165) is 24.1 Å². The van der Waals surface area contributed by atoms with Crippen LogP contribution < -0.4 is 10.2 Å². The van der Waals surface area contributed by atoms with Crippen molar-refractivity contribution in [3.63, 3.8) is 0 Å². The maximum absolute atomic E-state index is 14.6. The van der Waals surface area contributed by atoms with Crippen LogP contribution in [0.1, 0.15) is 18.4 Å². The van der Waals surface area contributed by atoms with Crippen LogP contribution >= 0.6 is 0 Å². The van der Waals surface area contributed by atoms with E-state index >= 15 is 0 Å². The highest BCUT2D eigenvalue weighted by atomic mass is 32.2. The van der Waals surface area contributed by atoms with E-state index in [0.29, 0.717) is 38.5 Å². The number of hydrogen-bond acceptors (Lipinski definition) is 6. The van der Waals surface area contributed by atoms with E-state index in [-0.39, 0.29) is 10.5 Å². The lowest BCUT2D eigenvalue weighted by molar-refractivity contribution is -0.169. The molecule has 0 amide bonds. The summed E-state index contributed by atoms with van der Waals surface area (Å²) in [4.78, 5) is 2.30. The van der Waals surface area contributed by atoms with E-state index in [1.54, 1.807) is 55.7 Å². The molecule has 0 unspecified atom stereocenters. The van der Waals surface area contributed by atoms with Crippen molar-refractivity contribution in [1.82, 2.24) is 9.29 Å². The van der Waals surface area contributed by atoms with Gasteiger partial charge in [0.05, 0.1) is 23.8 Å². The lowest BCUT2D eigenvalue weighted by atomic mass is 10.0. The number of anilines is 1. The largest absolute Gasteiger partial charge is 0.371 e. The van der Waals surface area contributed by atoms with Crippen LogP contribution in [0.3, 0.4) is 0 Å². The van der Waals surface area contributed by atoms with Crippen LogP contribution in [0.15, 0.2) is 65.7 Å². The molecule has 0 aliphatic carbocycles. The van der Waals surface area contributed by atoms with Gasteiger partial charge in [-0.15, -0.1) is 0 Å². The van der Waals surface area contributed by atoms with Crippen molar-refractivity contribution >= 4 is 15.7 Å². The normalized spacial score (nSPS) is 18.0. The second kappa shape index (κ2) is 9.14. The number of piperidine rings is 1. The highest BCUT2D eigenvalue weighted by molar-refractivity contribution is 7.90. The third kappa shape index (κ3) is 4.24. The summed E-state index contributed by atoms with van der Waals surface area (Å²) in [7, 11) is -2.19. The van der Waals surface area contributed by atoms with Crippen molar-refractivity contribution in [3.8, 4) is 11.3 Å². The average molecular weight is 486 g/mol. The van der Waals surface area contributed by atoms with Crippen LogP contribution in [0.2, 0.25) is 0 Å². The van der Waals surface area contributed by atoms with Gasteiger partial charge in [0.25, 0.3) is 10.0 Å². The summed E-state index contributed by atoms with van der Waals surface area (Å²) in [6, 6.07) is 14.8. The fourth-order valence-electron chi connectivity index (χ4n) is 4.71. The molecule has 5 rings (SSSR count). The summed E-state index contributed by atoms with van der Waals surface area (Å²) in [5.41, 5.74) is 2.11. The molecule has 2 aliphatic rings. The highest BCUT2D eigenvalue weighted by Gasteiger charge is 2.40. The molecule has 2 aliphatic heterocycles. The smallest absolute Gasteiger partial charge is 0.268 e. The standard InChI is InChI=1S/C25H28FN3O4S/c1-27-17-19-15-24(22-7-2-3-8-23(22)26)29(18-19)34(30,31)21-6-4-5-20(16-21)28-11-9-25(10-12-28)32-13-14-33-25/h2-8,15-16,18,27H,9-14,17H2,1H3. The first-order valence-corrected chi connectivity index (χ1v) is 12.9. The van der Waals surface area contributed by atoms with Crippen molar-refractivity contribution in [1.29, 1.82) is 0 Å². The number of ether oxygens (including phenoxy) is 2. The molecule has 0 saturated carbocycles. The minimum Gasteiger partial charge on any atom is -0.371 e. The molecule has 2 saturated heterocycles. The summed E-state index contributed by atoms with van der Waals surface area (Å²) in [6.45, 7) is 3.11. The van der Waals surface area contributed by atoms with Gasteiger partial charge in [0.15, 0.2) is 5.79 Å². The Kier molecular flexibility index (Phi) is 6.20. The molecule has 1 spiro atoms. The quantitative estimate of drug-likeness (QED) is 0.575. The van der Waals surface area contributed by atoms with Crippen LogP contribution in [0.4, 0.5) is 10.1 Å². The Balaban J connectivity index is 1.48. The van der Waals surface area contributed by atoms with Gasteiger partial charge in [-0.05, 0) is 49.0 Å². The zero-order chi connectivity index (χ0) is 23.8. The Morgan fingerprint density at radius 3 is 2.47 bits per heavy atom. The van der Waals surface area contributed by atoms with E-state index in [1.807, 2.05) is 6.07 Å². The monoisotopic (exact) mass is 485 g/mol. The van der Waals surface area contributed by atoms with Gasteiger partial charge in [-0.2, -0.15) is 0 Å². The molecule has 2 aromatic carbocycles. The minimum atomic E-state index is -3.97. The van der Waals surface area contributed by atoms with Gasteiger partial charge in [-0.3, -0.25) is 0 Å². The first kappa shape index (κ1) is 23.0. The molecule has 0 radical (unpaired) electrons. The number of hydrogen-bond donors (Lipinski definition) is 1. The second-order valence-electron chi connectivity index (χ2n) is 8.64. The Morgan fingerprint density at radius 2 is 1.76 bits per heavy atom. The Hall–Kier alpha value is -2.72. The zero-order valence-corrected chi connectivity index (χ0v) is 19.9. The van der Waals surface area contributed by atoms with E-state index in [4.69, 9.17) is 9.47 Å². The molecule has 3 heterocycles. The minimum absolute atomic E-state index is 0.155. The van der Waals surface area contributed by atoms with Crippen LogP contribution in [-0.2, 0) is 26.0 Å². The van der Waals surface area contributed by atoms with Gasteiger partial charge in [0, 0.05) is 49.9 Å². The van der Waals surface area contributed by atoms with Crippen LogP contribution in [0.5, 0.6) is 0 Å². The van der Waals surface area contributed by atoms with Crippen molar-refractivity contribution in [2.45, 2.75) is 30.1 Å². The van der Waals surface area contributed by atoms with Crippen LogP contribution in [-0.4, -0.2) is 51.5 Å². The molecule has 1 N–H and O–H groups in total. The highest BCUT2D eigenvalue weighted by Crippen LogP contribution is 2.34. The van der Waals surface area contributed by atoms with Gasteiger partial charge in [0.2, 0.25) is 0 Å². The number of aromatic nitrogens is 1. The molecule has 3 aromatic rings. The van der Waals surface area contributed by atoms with Gasteiger partial charge in [0.1, 0.15) is 5.82 Å². The van der Waals surface area contributed by atoms with Crippen molar-refractivity contribution in [2.24, 2.45) is 0 Å². The summed E-state index contributed by atoms with van der Waals surface area (Å²) >= 11 is 0. The summed E-state index contributed by atoms with van der Waals surface area (Å²) in [5, 5.41) is 3.03. The van der Waals surface area contributed by atoms with E-state index in [1.165, 1.54) is 10.0 Å². The molecule has 0 bridgehead atoms. The van der Waals surface area contributed by atoms with E-state index < -0.39 is 21.6 Å². The maximum atomic E-state index is 14.6. The van der Waals surface area contributed by atoms with Crippen molar-refractivity contribution in [2.75, 3.05) is 38.3 Å². The molecular weight excluding hydrogens is 457 g/mol. The topological polar surface area (TPSA) is 72.8 Å². The summed E-state index contributed by atoms with van der Waals surface area (Å²) in [6.07, 6.45) is 3.01.